The van der Waals surface area contributed by atoms with Crippen LogP contribution in [0.4, 0.5) is 15.8 Å². The number of nitro groups is 1. The van der Waals surface area contributed by atoms with E-state index in [1.165, 1.54) is 42.5 Å². The zero-order valence-electron chi connectivity index (χ0n) is 16.1. The zero-order chi connectivity index (χ0) is 22.2. The van der Waals surface area contributed by atoms with E-state index in [4.69, 9.17) is 4.74 Å². The summed E-state index contributed by atoms with van der Waals surface area (Å²) in [6.07, 6.45) is 1.38. The van der Waals surface area contributed by atoms with Gasteiger partial charge in [-0.15, -0.1) is 0 Å². The average molecular weight is 417 g/mol. The number of nitrogens with one attached hydrogen (secondary N) is 1. The Morgan fingerprint density at radius 3 is 2.58 bits per heavy atom. The van der Waals surface area contributed by atoms with E-state index < -0.39 is 16.6 Å². The van der Waals surface area contributed by atoms with Gasteiger partial charge in [0.1, 0.15) is 29.8 Å². The Labute approximate surface area is 177 Å². The fraction of sp³-hybridized carbons (Fsp3) is 0.0435. The van der Waals surface area contributed by atoms with Crippen molar-refractivity contribution in [2.24, 2.45) is 0 Å². The van der Waals surface area contributed by atoms with Gasteiger partial charge in [-0.1, -0.05) is 30.3 Å². The number of hydrogen-bond acceptors (Lipinski definition) is 5. The van der Waals surface area contributed by atoms with E-state index in [2.05, 4.69) is 5.32 Å². The first-order valence-electron chi connectivity index (χ1n) is 9.10. The molecular formula is C23H16FN3O4. The van der Waals surface area contributed by atoms with Crippen LogP contribution in [0.2, 0.25) is 0 Å². The predicted molar refractivity (Wildman–Crippen MR) is 112 cm³/mol. The van der Waals surface area contributed by atoms with E-state index in [0.29, 0.717) is 22.6 Å². The number of rotatable bonds is 7. The highest BCUT2D eigenvalue weighted by Crippen LogP contribution is 2.23. The Bertz CT molecular complexity index is 1180. The number of amides is 1. The summed E-state index contributed by atoms with van der Waals surface area (Å²) in [5.74, 6) is -0.692. The van der Waals surface area contributed by atoms with Crippen molar-refractivity contribution in [3.05, 3.63) is 105 Å². The summed E-state index contributed by atoms with van der Waals surface area (Å²) in [6, 6.07) is 19.9. The largest absolute Gasteiger partial charge is 0.488 e. The predicted octanol–water partition coefficient (Wildman–Crippen LogP) is 4.86. The molecule has 7 nitrogen and oxygen atoms in total. The molecule has 1 amide bonds. The van der Waals surface area contributed by atoms with Crippen LogP contribution in [0.1, 0.15) is 11.1 Å². The van der Waals surface area contributed by atoms with Gasteiger partial charge in [-0.05, 0) is 42.0 Å². The zero-order valence-corrected chi connectivity index (χ0v) is 16.1. The number of benzene rings is 3. The third-order valence-corrected chi connectivity index (χ3v) is 4.20. The molecule has 3 aromatic carbocycles. The number of nitrogens with zero attached hydrogens (tertiary/aromatic N) is 2. The van der Waals surface area contributed by atoms with Crippen molar-refractivity contribution >= 4 is 23.4 Å². The van der Waals surface area contributed by atoms with Crippen LogP contribution in [-0.2, 0) is 11.4 Å². The second-order valence-electron chi connectivity index (χ2n) is 6.38. The number of halogens is 1. The minimum absolute atomic E-state index is 0.0430. The monoisotopic (exact) mass is 417 g/mol. The normalized spacial score (nSPS) is 10.8. The molecule has 31 heavy (non-hydrogen) atoms. The number of carbonyl (C=O) groups is 1. The Morgan fingerprint density at radius 2 is 1.87 bits per heavy atom. The smallest absolute Gasteiger partial charge is 0.269 e. The number of hydrogen-bond donors (Lipinski definition) is 1. The summed E-state index contributed by atoms with van der Waals surface area (Å²) >= 11 is 0. The number of ether oxygens (including phenoxy) is 1. The number of carbonyl (C=O) groups excluding carboxylic acids is 1. The lowest BCUT2D eigenvalue weighted by molar-refractivity contribution is -0.384. The summed E-state index contributed by atoms with van der Waals surface area (Å²) in [7, 11) is 0. The molecule has 0 spiro atoms. The number of nitriles is 1. The first-order chi connectivity index (χ1) is 15.0. The molecule has 154 valence electrons. The summed E-state index contributed by atoms with van der Waals surface area (Å²) in [6.45, 7) is 0.0657. The van der Waals surface area contributed by atoms with Crippen molar-refractivity contribution in [3.8, 4) is 11.8 Å². The summed E-state index contributed by atoms with van der Waals surface area (Å²) in [5.41, 5.74) is 1.22. The van der Waals surface area contributed by atoms with Gasteiger partial charge in [-0.25, -0.2) is 4.39 Å². The average Bonchev–Trinajstić information content (AvgIpc) is 2.78. The van der Waals surface area contributed by atoms with Crippen LogP contribution >= 0.6 is 0 Å². The lowest BCUT2D eigenvalue weighted by Crippen LogP contribution is -2.13. The minimum atomic E-state index is -0.650. The maximum atomic E-state index is 13.0. The van der Waals surface area contributed by atoms with E-state index in [-0.39, 0.29) is 17.9 Å². The van der Waals surface area contributed by atoms with Crippen molar-refractivity contribution in [2.45, 2.75) is 6.61 Å². The van der Waals surface area contributed by atoms with Gasteiger partial charge >= 0.3 is 0 Å². The molecule has 0 aromatic heterocycles. The Morgan fingerprint density at radius 1 is 1.13 bits per heavy atom. The van der Waals surface area contributed by atoms with E-state index in [1.807, 2.05) is 6.07 Å². The van der Waals surface area contributed by atoms with E-state index >= 15 is 0 Å². The van der Waals surface area contributed by atoms with Gasteiger partial charge in [0.15, 0.2) is 0 Å². The molecular weight excluding hydrogens is 401 g/mol. The lowest BCUT2D eigenvalue weighted by atomic mass is 10.1. The van der Waals surface area contributed by atoms with Crippen molar-refractivity contribution in [1.82, 2.24) is 0 Å². The Hall–Kier alpha value is -4.51. The molecule has 0 fully saturated rings. The third kappa shape index (κ3) is 5.74. The van der Waals surface area contributed by atoms with Gasteiger partial charge in [0.25, 0.3) is 11.6 Å². The standard InChI is InChI=1S/C23H16FN3O4/c24-19-8-10-20(11-9-19)26-23(28)18(14-25)13-17-5-1-2-7-22(17)31-15-16-4-3-6-21(12-16)27(29)30/h1-13H,15H2,(H,26,28)/b18-13+. The van der Waals surface area contributed by atoms with Gasteiger partial charge < -0.3 is 10.1 Å². The topological polar surface area (TPSA) is 105 Å². The first kappa shape index (κ1) is 21.2. The second-order valence-corrected chi connectivity index (χ2v) is 6.38. The third-order valence-electron chi connectivity index (χ3n) is 4.20. The van der Waals surface area contributed by atoms with Crippen LogP contribution in [0, 0.1) is 27.3 Å². The molecule has 8 heteroatoms. The van der Waals surface area contributed by atoms with Crippen molar-refractivity contribution < 1.29 is 18.8 Å². The van der Waals surface area contributed by atoms with E-state index in [1.54, 1.807) is 36.4 Å². The highest BCUT2D eigenvalue weighted by atomic mass is 19.1. The molecule has 0 radical (unpaired) electrons. The van der Waals surface area contributed by atoms with Crippen LogP contribution in [0.5, 0.6) is 5.75 Å². The number of non-ortho nitro benzene ring substituents is 1. The summed E-state index contributed by atoms with van der Waals surface area (Å²) in [5, 5.41) is 22.9. The molecule has 3 aromatic rings. The molecule has 0 atom stereocenters. The van der Waals surface area contributed by atoms with Crippen LogP contribution in [0.3, 0.4) is 0 Å². The quantitative estimate of drug-likeness (QED) is 0.256. The maximum Gasteiger partial charge on any atom is 0.269 e. The van der Waals surface area contributed by atoms with E-state index in [9.17, 15) is 24.6 Å². The summed E-state index contributed by atoms with van der Waals surface area (Å²) < 4.78 is 18.8. The Balaban J connectivity index is 1.77. The second kappa shape index (κ2) is 9.80. The summed E-state index contributed by atoms with van der Waals surface area (Å²) in [4.78, 5) is 22.9. The van der Waals surface area contributed by atoms with Crippen molar-refractivity contribution in [1.29, 1.82) is 5.26 Å². The van der Waals surface area contributed by atoms with Crippen molar-refractivity contribution in [2.75, 3.05) is 5.32 Å². The highest BCUT2D eigenvalue weighted by Gasteiger charge is 2.12. The molecule has 0 unspecified atom stereocenters. The minimum Gasteiger partial charge on any atom is -0.488 e. The van der Waals surface area contributed by atoms with Crippen molar-refractivity contribution in [3.63, 3.8) is 0 Å². The fourth-order valence-corrected chi connectivity index (χ4v) is 2.69. The first-order valence-corrected chi connectivity index (χ1v) is 9.10. The van der Waals surface area contributed by atoms with Gasteiger partial charge in [-0.2, -0.15) is 5.26 Å². The highest BCUT2D eigenvalue weighted by molar-refractivity contribution is 6.09. The molecule has 0 aliphatic heterocycles. The van der Waals surface area contributed by atoms with E-state index in [0.717, 1.165) is 0 Å². The molecule has 0 aliphatic rings. The molecule has 1 N–H and O–H groups in total. The number of nitro benzene ring substituents is 1. The van der Waals surface area contributed by atoms with Gasteiger partial charge in [0, 0.05) is 23.4 Å². The molecule has 0 saturated heterocycles. The van der Waals surface area contributed by atoms with Gasteiger partial charge in [0.2, 0.25) is 0 Å². The fourth-order valence-electron chi connectivity index (χ4n) is 2.69. The van der Waals surface area contributed by atoms with Gasteiger partial charge in [-0.3, -0.25) is 14.9 Å². The van der Waals surface area contributed by atoms with Crippen LogP contribution in [0.15, 0.2) is 78.4 Å². The van der Waals surface area contributed by atoms with Crippen LogP contribution in [-0.4, -0.2) is 10.8 Å². The molecule has 0 bridgehead atoms. The SMILES string of the molecule is N#C/C(=C\c1ccccc1OCc1cccc([N+](=O)[O-])c1)C(=O)Nc1ccc(F)cc1. The number of para-hydroxylation sites is 1. The van der Waals surface area contributed by atoms with Gasteiger partial charge in [0.05, 0.1) is 4.92 Å². The van der Waals surface area contributed by atoms with Crippen LogP contribution in [0.25, 0.3) is 6.08 Å². The maximum absolute atomic E-state index is 13.0. The number of anilines is 1. The lowest BCUT2D eigenvalue weighted by Gasteiger charge is -2.10. The molecule has 3 rings (SSSR count). The molecule has 0 aliphatic carbocycles. The molecule has 0 heterocycles. The van der Waals surface area contributed by atoms with Crippen LogP contribution < -0.4 is 10.1 Å². The Kier molecular flexibility index (Phi) is 6.71. The molecule has 0 saturated carbocycles.